The fraction of sp³-hybridized carbons (Fsp3) is 0.0930. The third-order valence-corrected chi connectivity index (χ3v) is 8.80. The Labute approximate surface area is 302 Å². The standard InChI is InChI=1S/C43H36ClN5O2/c1-32(50)51-39(28-44)31-47-42-24-22-33(29-45-48(35-14-6-2-7-15-35)36-16-8-3-9-17-36)26-40(42)41-27-34(23-25-43(41)47)30-46-49(37-18-10-4-11-19-37)38-20-12-5-13-21-38/h2-27,29-30,39H,28,31H2,1H3. The van der Waals surface area contributed by atoms with Gasteiger partial charge >= 0.3 is 5.97 Å². The van der Waals surface area contributed by atoms with E-state index in [4.69, 9.17) is 26.5 Å². The molecule has 0 N–H and O–H groups in total. The highest BCUT2D eigenvalue weighted by molar-refractivity contribution is 6.18. The summed E-state index contributed by atoms with van der Waals surface area (Å²) in [4.78, 5) is 11.9. The van der Waals surface area contributed by atoms with Crippen LogP contribution in [0.15, 0.2) is 168 Å². The van der Waals surface area contributed by atoms with Gasteiger partial charge < -0.3 is 9.30 Å². The van der Waals surface area contributed by atoms with Crippen molar-refractivity contribution in [2.75, 3.05) is 15.9 Å². The normalized spacial score (nSPS) is 12.1. The summed E-state index contributed by atoms with van der Waals surface area (Å²) < 4.78 is 7.74. The molecule has 0 radical (unpaired) electrons. The molecule has 0 bridgehead atoms. The van der Waals surface area contributed by atoms with E-state index in [0.717, 1.165) is 55.7 Å². The van der Waals surface area contributed by atoms with Crippen molar-refractivity contribution in [2.24, 2.45) is 10.2 Å². The number of hydrazone groups is 2. The monoisotopic (exact) mass is 689 g/mol. The molecule has 1 unspecified atom stereocenters. The van der Waals surface area contributed by atoms with Crippen molar-refractivity contribution in [1.29, 1.82) is 0 Å². The SMILES string of the molecule is CC(=O)OC(CCl)Cn1c2ccc(C=NN(c3ccccc3)c3ccccc3)cc2c2cc(C=NN(c3ccccc3)c3ccccc3)ccc21. The number of hydrogen-bond donors (Lipinski definition) is 0. The lowest BCUT2D eigenvalue weighted by Crippen LogP contribution is -2.24. The van der Waals surface area contributed by atoms with Crippen LogP contribution in [0.25, 0.3) is 21.8 Å². The number of carbonyl (C=O) groups excluding carboxylic acids is 1. The molecule has 1 heterocycles. The van der Waals surface area contributed by atoms with E-state index in [9.17, 15) is 4.79 Å². The van der Waals surface area contributed by atoms with Crippen molar-refractivity contribution in [2.45, 2.75) is 19.6 Å². The van der Waals surface area contributed by atoms with Crippen LogP contribution in [0, 0.1) is 0 Å². The van der Waals surface area contributed by atoms with Crippen LogP contribution in [0.5, 0.6) is 0 Å². The molecule has 51 heavy (non-hydrogen) atoms. The molecule has 0 saturated heterocycles. The number of alkyl halides is 1. The Balaban J connectivity index is 1.31. The molecule has 0 aliphatic carbocycles. The summed E-state index contributed by atoms with van der Waals surface area (Å²) in [5, 5.41) is 15.8. The van der Waals surface area contributed by atoms with Crippen molar-refractivity contribution < 1.29 is 9.53 Å². The summed E-state index contributed by atoms with van der Waals surface area (Å²) in [6.07, 6.45) is 3.28. The van der Waals surface area contributed by atoms with Gasteiger partial charge in [-0.15, -0.1) is 11.6 Å². The number of fused-ring (bicyclic) bond motifs is 3. The van der Waals surface area contributed by atoms with Crippen LogP contribution in [-0.2, 0) is 16.1 Å². The van der Waals surface area contributed by atoms with E-state index in [1.165, 1.54) is 6.92 Å². The first-order chi connectivity index (χ1) is 25.1. The Hall–Kier alpha value is -6.18. The first kappa shape index (κ1) is 33.3. The van der Waals surface area contributed by atoms with E-state index >= 15 is 0 Å². The number of halogens is 1. The van der Waals surface area contributed by atoms with Crippen LogP contribution >= 0.6 is 11.6 Å². The van der Waals surface area contributed by atoms with Gasteiger partial charge in [-0.1, -0.05) is 84.9 Å². The number of carbonyl (C=O) groups is 1. The number of nitrogens with zero attached hydrogens (tertiary/aromatic N) is 5. The molecule has 0 amide bonds. The predicted molar refractivity (Wildman–Crippen MR) is 211 cm³/mol. The average Bonchev–Trinajstić information content (AvgIpc) is 3.47. The highest BCUT2D eigenvalue weighted by Crippen LogP contribution is 2.32. The molecule has 0 aliphatic rings. The Morgan fingerprint density at radius 3 is 1.33 bits per heavy atom. The molecule has 252 valence electrons. The number of rotatable bonds is 12. The molecule has 6 aromatic carbocycles. The molecular weight excluding hydrogens is 654 g/mol. The third-order valence-electron chi connectivity index (χ3n) is 8.45. The molecule has 1 aromatic heterocycles. The maximum atomic E-state index is 11.9. The number of esters is 1. The van der Waals surface area contributed by atoms with Gasteiger partial charge in [-0.2, -0.15) is 10.2 Å². The van der Waals surface area contributed by atoms with Crippen molar-refractivity contribution >= 4 is 74.6 Å². The number of aromatic nitrogens is 1. The molecule has 0 fully saturated rings. The van der Waals surface area contributed by atoms with Crippen LogP contribution < -0.4 is 10.0 Å². The van der Waals surface area contributed by atoms with Crippen LogP contribution in [-0.4, -0.2) is 34.9 Å². The largest absolute Gasteiger partial charge is 0.459 e. The summed E-state index contributed by atoms with van der Waals surface area (Å²) in [5.41, 5.74) is 7.70. The van der Waals surface area contributed by atoms with Crippen molar-refractivity contribution in [3.8, 4) is 0 Å². The van der Waals surface area contributed by atoms with Crippen molar-refractivity contribution in [3.63, 3.8) is 0 Å². The second kappa shape index (κ2) is 15.6. The van der Waals surface area contributed by atoms with E-state index in [1.54, 1.807) is 0 Å². The van der Waals surface area contributed by atoms with Gasteiger partial charge in [-0.3, -0.25) is 4.79 Å². The predicted octanol–water partition coefficient (Wildman–Crippen LogP) is 10.3. The second-order valence-corrected chi connectivity index (χ2v) is 12.3. The summed E-state index contributed by atoms with van der Waals surface area (Å²) in [6, 6.07) is 52.9. The Morgan fingerprint density at radius 2 is 1.00 bits per heavy atom. The molecular formula is C43H36ClN5O2. The lowest BCUT2D eigenvalue weighted by molar-refractivity contribution is -0.145. The summed E-state index contributed by atoms with van der Waals surface area (Å²) >= 11 is 6.29. The molecule has 0 spiro atoms. The second-order valence-electron chi connectivity index (χ2n) is 12.0. The van der Waals surface area contributed by atoms with Gasteiger partial charge in [0.25, 0.3) is 0 Å². The zero-order valence-corrected chi connectivity index (χ0v) is 28.8. The van der Waals surface area contributed by atoms with Gasteiger partial charge in [0.05, 0.1) is 47.6 Å². The summed E-state index contributed by atoms with van der Waals surface area (Å²) in [6.45, 7) is 1.82. The van der Waals surface area contributed by atoms with Crippen LogP contribution in [0.3, 0.4) is 0 Å². The highest BCUT2D eigenvalue weighted by atomic mass is 35.5. The molecule has 0 saturated carbocycles. The Bertz CT molecular complexity index is 2060. The maximum absolute atomic E-state index is 11.9. The van der Waals surface area contributed by atoms with Gasteiger partial charge in [0.15, 0.2) is 0 Å². The zero-order chi connectivity index (χ0) is 35.0. The Kier molecular flexibility index (Phi) is 10.2. The van der Waals surface area contributed by atoms with Gasteiger partial charge in [-0.25, -0.2) is 10.0 Å². The lowest BCUT2D eigenvalue weighted by atomic mass is 10.1. The first-order valence-corrected chi connectivity index (χ1v) is 17.3. The van der Waals surface area contributed by atoms with Crippen LogP contribution in [0.2, 0.25) is 0 Å². The van der Waals surface area contributed by atoms with Gasteiger partial charge in [0.1, 0.15) is 6.10 Å². The highest BCUT2D eigenvalue weighted by Gasteiger charge is 2.18. The minimum absolute atomic E-state index is 0.180. The molecule has 0 aliphatic heterocycles. The average molecular weight is 690 g/mol. The van der Waals surface area contributed by atoms with E-state index < -0.39 is 6.10 Å². The number of ether oxygens (including phenoxy) is 1. The van der Waals surface area contributed by atoms with E-state index in [1.807, 2.05) is 144 Å². The van der Waals surface area contributed by atoms with E-state index in [2.05, 4.69) is 41.0 Å². The van der Waals surface area contributed by atoms with Crippen molar-refractivity contribution in [3.05, 3.63) is 169 Å². The van der Waals surface area contributed by atoms with Gasteiger partial charge in [0, 0.05) is 28.7 Å². The number of anilines is 4. The summed E-state index contributed by atoms with van der Waals surface area (Å²) in [5.74, 6) is -0.180. The minimum atomic E-state index is -0.485. The van der Waals surface area contributed by atoms with E-state index in [-0.39, 0.29) is 11.8 Å². The van der Waals surface area contributed by atoms with Crippen LogP contribution in [0.4, 0.5) is 22.7 Å². The van der Waals surface area contributed by atoms with Gasteiger partial charge in [0.2, 0.25) is 0 Å². The quantitative estimate of drug-likeness (QED) is 0.0554. The molecule has 1 atom stereocenters. The number of hydrogen-bond acceptors (Lipinski definition) is 6. The fourth-order valence-corrected chi connectivity index (χ4v) is 6.30. The lowest BCUT2D eigenvalue weighted by Gasteiger charge is -2.19. The topological polar surface area (TPSA) is 62.4 Å². The first-order valence-electron chi connectivity index (χ1n) is 16.7. The van der Waals surface area contributed by atoms with Crippen molar-refractivity contribution in [1.82, 2.24) is 4.57 Å². The number of para-hydroxylation sites is 4. The molecule has 8 heteroatoms. The maximum Gasteiger partial charge on any atom is 0.303 e. The number of benzene rings is 6. The smallest absolute Gasteiger partial charge is 0.303 e. The molecule has 7 rings (SSSR count). The Morgan fingerprint density at radius 1 is 0.627 bits per heavy atom. The molecule has 7 aromatic rings. The molecule has 7 nitrogen and oxygen atoms in total. The minimum Gasteiger partial charge on any atom is -0.459 e. The zero-order valence-electron chi connectivity index (χ0n) is 28.1. The van der Waals surface area contributed by atoms with Gasteiger partial charge in [-0.05, 0) is 83.9 Å². The summed E-state index contributed by atoms with van der Waals surface area (Å²) in [7, 11) is 0. The third kappa shape index (κ3) is 7.69. The van der Waals surface area contributed by atoms with Crippen LogP contribution in [0.1, 0.15) is 18.1 Å². The fourth-order valence-electron chi connectivity index (χ4n) is 6.14. The van der Waals surface area contributed by atoms with E-state index in [0.29, 0.717) is 6.54 Å².